The van der Waals surface area contributed by atoms with Crippen LogP contribution in [0.2, 0.25) is 0 Å². The number of amides is 2. The summed E-state index contributed by atoms with van der Waals surface area (Å²) in [5.41, 5.74) is 3.24. The van der Waals surface area contributed by atoms with Crippen molar-refractivity contribution in [2.24, 2.45) is 0 Å². The molecule has 1 unspecified atom stereocenters. The molecule has 0 saturated carbocycles. The van der Waals surface area contributed by atoms with E-state index < -0.39 is 0 Å². The lowest BCUT2D eigenvalue weighted by Gasteiger charge is -2.20. The monoisotopic (exact) mass is 463 g/mol. The third-order valence-corrected chi connectivity index (χ3v) is 7.02. The number of nitrogens with one attached hydrogen (secondary N) is 2. The minimum absolute atomic E-state index is 0.0628. The summed E-state index contributed by atoms with van der Waals surface area (Å²) in [5, 5.41) is 6.41. The maximum atomic E-state index is 13.1. The fraction of sp³-hybridized carbons (Fsp3) is 0.320. The van der Waals surface area contributed by atoms with Crippen LogP contribution in [0.25, 0.3) is 0 Å². The minimum atomic E-state index is -0.328. The first kappa shape index (κ1) is 21.5. The number of aromatic nitrogens is 1. The second kappa shape index (κ2) is 8.86. The Hall–Kier alpha value is -3.39. The van der Waals surface area contributed by atoms with Gasteiger partial charge in [-0.05, 0) is 61.1 Å². The van der Waals surface area contributed by atoms with Gasteiger partial charge in [0.05, 0.1) is 11.6 Å². The van der Waals surface area contributed by atoms with E-state index in [1.54, 1.807) is 18.2 Å². The summed E-state index contributed by atoms with van der Waals surface area (Å²) in [5.74, 6) is 0.962. The van der Waals surface area contributed by atoms with E-state index in [1.807, 2.05) is 24.3 Å². The molecule has 0 bridgehead atoms. The largest absolute Gasteiger partial charge is 0.454 e. The summed E-state index contributed by atoms with van der Waals surface area (Å²) in [7, 11) is 0. The topological polar surface area (TPSA) is 89.6 Å². The van der Waals surface area contributed by atoms with Crippen LogP contribution in [0.4, 0.5) is 10.8 Å². The Morgan fingerprint density at radius 1 is 1.06 bits per heavy atom. The van der Waals surface area contributed by atoms with Crippen molar-refractivity contribution in [1.82, 2.24) is 4.98 Å². The normalized spacial score (nSPS) is 16.4. The second-order valence-corrected chi connectivity index (χ2v) is 9.64. The zero-order chi connectivity index (χ0) is 22.9. The number of carbonyl (C=O) groups is 2. The van der Waals surface area contributed by atoms with Gasteiger partial charge in [0.15, 0.2) is 16.6 Å². The van der Waals surface area contributed by atoms with Crippen LogP contribution < -0.4 is 20.1 Å². The number of fused-ring (bicyclic) bond motifs is 2. The van der Waals surface area contributed by atoms with Crippen molar-refractivity contribution >= 4 is 34.0 Å². The van der Waals surface area contributed by atoms with Gasteiger partial charge in [-0.3, -0.25) is 14.9 Å². The molecule has 2 heterocycles. The van der Waals surface area contributed by atoms with E-state index in [1.165, 1.54) is 16.9 Å². The zero-order valence-electron chi connectivity index (χ0n) is 18.5. The molecule has 1 aliphatic carbocycles. The molecule has 2 amide bonds. The summed E-state index contributed by atoms with van der Waals surface area (Å²) in [6, 6.07) is 13.0. The Morgan fingerprint density at radius 2 is 1.85 bits per heavy atom. The Kier molecular flexibility index (Phi) is 5.76. The fourth-order valence-corrected chi connectivity index (χ4v) is 5.17. The molecule has 5 rings (SSSR count). The van der Waals surface area contributed by atoms with E-state index in [-0.39, 0.29) is 24.5 Å². The van der Waals surface area contributed by atoms with Gasteiger partial charge in [0, 0.05) is 16.1 Å². The number of anilines is 2. The number of benzene rings is 2. The van der Waals surface area contributed by atoms with Crippen molar-refractivity contribution in [1.29, 1.82) is 0 Å². The Balaban J connectivity index is 1.29. The molecule has 0 fully saturated rings. The van der Waals surface area contributed by atoms with Crippen molar-refractivity contribution in [2.45, 2.75) is 44.9 Å². The molecule has 3 aromatic rings. The zero-order valence-corrected chi connectivity index (χ0v) is 19.3. The van der Waals surface area contributed by atoms with E-state index in [0.29, 0.717) is 28.1 Å². The quantitative estimate of drug-likeness (QED) is 0.536. The SMILES string of the molecule is CC(C)c1ccc(NC(=O)C2CCCc3sc(NC(=O)c4ccc5c(c4)OCO5)nc32)cc1. The molecule has 170 valence electrons. The van der Waals surface area contributed by atoms with Gasteiger partial charge in [-0.1, -0.05) is 26.0 Å². The molecule has 33 heavy (non-hydrogen) atoms. The van der Waals surface area contributed by atoms with Gasteiger partial charge < -0.3 is 14.8 Å². The van der Waals surface area contributed by atoms with E-state index in [9.17, 15) is 9.59 Å². The van der Waals surface area contributed by atoms with Crippen molar-refractivity contribution in [3.8, 4) is 11.5 Å². The lowest BCUT2D eigenvalue weighted by Crippen LogP contribution is -2.24. The number of ether oxygens (including phenoxy) is 2. The van der Waals surface area contributed by atoms with Crippen LogP contribution in [0, 0.1) is 0 Å². The number of aryl methyl sites for hydroxylation is 1. The Labute approximate surface area is 196 Å². The van der Waals surface area contributed by atoms with Crippen LogP contribution in [0.1, 0.15) is 65.0 Å². The maximum Gasteiger partial charge on any atom is 0.257 e. The standard InChI is InChI=1S/C25H25N3O4S/c1-14(2)15-6-9-17(10-7-15)26-24(30)18-4-3-5-21-22(18)27-25(33-21)28-23(29)16-8-11-19-20(12-16)32-13-31-19/h6-12,14,18H,3-5,13H2,1-2H3,(H,26,30)(H,27,28,29). The van der Waals surface area contributed by atoms with Gasteiger partial charge in [-0.2, -0.15) is 0 Å². The van der Waals surface area contributed by atoms with Crippen LogP contribution in [0.15, 0.2) is 42.5 Å². The third-order valence-electron chi connectivity index (χ3n) is 5.97. The highest BCUT2D eigenvalue weighted by atomic mass is 32.1. The van der Waals surface area contributed by atoms with Gasteiger partial charge in [0.1, 0.15) is 0 Å². The first-order chi connectivity index (χ1) is 16.0. The van der Waals surface area contributed by atoms with Gasteiger partial charge >= 0.3 is 0 Å². The molecule has 2 N–H and O–H groups in total. The highest BCUT2D eigenvalue weighted by molar-refractivity contribution is 7.16. The van der Waals surface area contributed by atoms with Crippen LogP contribution in [-0.4, -0.2) is 23.6 Å². The predicted octanol–water partition coefficient (Wildman–Crippen LogP) is 5.31. The highest BCUT2D eigenvalue weighted by Crippen LogP contribution is 2.38. The molecule has 8 heteroatoms. The van der Waals surface area contributed by atoms with Crippen molar-refractivity contribution in [2.75, 3.05) is 17.4 Å². The van der Waals surface area contributed by atoms with Gasteiger partial charge in [-0.15, -0.1) is 11.3 Å². The van der Waals surface area contributed by atoms with Crippen molar-refractivity contribution in [3.05, 3.63) is 64.2 Å². The second-order valence-electron chi connectivity index (χ2n) is 8.56. The lowest BCUT2D eigenvalue weighted by molar-refractivity contribution is -0.117. The first-order valence-electron chi connectivity index (χ1n) is 11.1. The van der Waals surface area contributed by atoms with E-state index in [0.717, 1.165) is 35.5 Å². The number of hydrogen-bond donors (Lipinski definition) is 2. The number of carbonyl (C=O) groups excluding carboxylic acids is 2. The molecule has 2 aromatic carbocycles. The van der Waals surface area contributed by atoms with E-state index in [4.69, 9.17) is 9.47 Å². The smallest absolute Gasteiger partial charge is 0.257 e. The average molecular weight is 464 g/mol. The van der Waals surface area contributed by atoms with Crippen LogP contribution >= 0.6 is 11.3 Å². The van der Waals surface area contributed by atoms with Gasteiger partial charge in [-0.25, -0.2) is 4.98 Å². The molecule has 7 nitrogen and oxygen atoms in total. The summed E-state index contributed by atoms with van der Waals surface area (Å²) < 4.78 is 10.7. The average Bonchev–Trinajstić information content (AvgIpc) is 3.44. The van der Waals surface area contributed by atoms with Crippen LogP contribution in [0.5, 0.6) is 11.5 Å². The molecule has 0 spiro atoms. The molecular weight excluding hydrogens is 438 g/mol. The van der Waals surface area contributed by atoms with Crippen molar-refractivity contribution < 1.29 is 19.1 Å². The molecule has 0 radical (unpaired) electrons. The number of rotatable bonds is 5. The summed E-state index contributed by atoms with van der Waals surface area (Å²) >= 11 is 1.44. The molecule has 1 aromatic heterocycles. The van der Waals surface area contributed by atoms with Gasteiger partial charge in [0.25, 0.3) is 5.91 Å². The minimum Gasteiger partial charge on any atom is -0.454 e. The number of thiazole rings is 1. The predicted molar refractivity (Wildman–Crippen MR) is 127 cm³/mol. The number of nitrogens with zero attached hydrogens (tertiary/aromatic N) is 1. The third kappa shape index (κ3) is 4.43. The van der Waals surface area contributed by atoms with Crippen molar-refractivity contribution in [3.63, 3.8) is 0 Å². The molecule has 0 saturated heterocycles. The molecule has 1 aliphatic heterocycles. The molecule has 1 atom stereocenters. The summed E-state index contributed by atoms with van der Waals surface area (Å²) in [4.78, 5) is 31.5. The van der Waals surface area contributed by atoms with Crippen LogP contribution in [-0.2, 0) is 11.2 Å². The summed E-state index contributed by atoms with van der Waals surface area (Å²) in [6.45, 7) is 4.44. The Bertz CT molecular complexity index is 1200. The maximum absolute atomic E-state index is 13.1. The van der Waals surface area contributed by atoms with Crippen LogP contribution in [0.3, 0.4) is 0 Å². The molecule has 2 aliphatic rings. The first-order valence-corrected chi connectivity index (χ1v) is 11.9. The Morgan fingerprint density at radius 3 is 2.64 bits per heavy atom. The summed E-state index contributed by atoms with van der Waals surface area (Å²) in [6.07, 6.45) is 2.51. The van der Waals surface area contributed by atoms with Gasteiger partial charge in [0.2, 0.25) is 12.7 Å². The number of hydrogen-bond acceptors (Lipinski definition) is 6. The van der Waals surface area contributed by atoms with E-state index in [2.05, 4.69) is 29.5 Å². The highest BCUT2D eigenvalue weighted by Gasteiger charge is 2.31. The lowest BCUT2D eigenvalue weighted by atomic mass is 9.90. The fourth-order valence-electron chi connectivity index (χ4n) is 4.11. The van der Waals surface area contributed by atoms with E-state index >= 15 is 0 Å². The molecular formula is C25H25N3O4S.